The highest BCUT2D eigenvalue weighted by atomic mass is 35.5. The number of carbonyl (C=O) groups is 2. The highest BCUT2D eigenvalue weighted by molar-refractivity contribution is 6.36. The molecule has 0 bridgehead atoms. The lowest BCUT2D eigenvalue weighted by atomic mass is 10.2. The third-order valence-electron chi connectivity index (χ3n) is 3.21. The molecule has 0 atom stereocenters. The molecule has 20 heavy (non-hydrogen) atoms. The summed E-state index contributed by atoms with van der Waals surface area (Å²) < 4.78 is 4.94. The quantitative estimate of drug-likeness (QED) is 0.868. The molecular weight excluding hydrogens is 301 g/mol. The zero-order valence-corrected chi connectivity index (χ0v) is 12.3. The molecule has 0 heterocycles. The summed E-state index contributed by atoms with van der Waals surface area (Å²) in [7, 11) is 0. The van der Waals surface area contributed by atoms with E-state index in [-0.39, 0.29) is 29.1 Å². The molecule has 1 aromatic rings. The number of hydrogen-bond donors (Lipinski definition) is 1. The number of carbonyl (C=O) groups excluding carboxylic acids is 2. The van der Waals surface area contributed by atoms with Crippen LogP contribution in [0.2, 0.25) is 10.0 Å². The molecule has 108 valence electrons. The monoisotopic (exact) mass is 315 g/mol. The van der Waals surface area contributed by atoms with E-state index in [0.717, 1.165) is 25.7 Å². The molecule has 1 aliphatic carbocycles. The standard InChI is InChI=1S/C14H15Cl2NO3/c15-9-5-6-11(12(16)7-9)14(19)20-8-13(18)17-10-3-1-2-4-10/h5-7,10H,1-4,8H2,(H,17,18). The summed E-state index contributed by atoms with van der Waals surface area (Å²) in [6.07, 6.45) is 4.24. The molecule has 0 unspecified atom stereocenters. The van der Waals surface area contributed by atoms with Crippen molar-refractivity contribution in [1.29, 1.82) is 0 Å². The molecule has 4 nitrogen and oxygen atoms in total. The topological polar surface area (TPSA) is 55.4 Å². The average molecular weight is 316 g/mol. The number of nitrogens with one attached hydrogen (secondary N) is 1. The maximum absolute atomic E-state index is 11.8. The van der Waals surface area contributed by atoms with Gasteiger partial charge in [-0.1, -0.05) is 36.0 Å². The van der Waals surface area contributed by atoms with Crippen molar-refractivity contribution in [3.63, 3.8) is 0 Å². The van der Waals surface area contributed by atoms with Gasteiger partial charge in [0.15, 0.2) is 6.61 Å². The largest absolute Gasteiger partial charge is 0.452 e. The van der Waals surface area contributed by atoms with Crippen LogP contribution in [-0.4, -0.2) is 24.5 Å². The van der Waals surface area contributed by atoms with Crippen LogP contribution in [0.5, 0.6) is 0 Å². The molecule has 6 heteroatoms. The highest BCUT2D eigenvalue weighted by Crippen LogP contribution is 2.21. The Labute approximate surface area is 127 Å². The van der Waals surface area contributed by atoms with Crippen molar-refractivity contribution in [2.45, 2.75) is 31.7 Å². The molecule has 1 amide bonds. The van der Waals surface area contributed by atoms with E-state index in [1.807, 2.05) is 0 Å². The number of amides is 1. The summed E-state index contributed by atoms with van der Waals surface area (Å²) in [6, 6.07) is 4.68. The number of esters is 1. The minimum atomic E-state index is -0.631. The number of hydrogen-bond acceptors (Lipinski definition) is 3. The van der Waals surface area contributed by atoms with Gasteiger partial charge in [0.2, 0.25) is 0 Å². The molecule has 0 saturated heterocycles. The Morgan fingerprint density at radius 1 is 1.25 bits per heavy atom. The van der Waals surface area contributed by atoms with Crippen LogP contribution in [0.15, 0.2) is 18.2 Å². The van der Waals surface area contributed by atoms with Crippen molar-refractivity contribution in [2.24, 2.45) is 0 Å². The maximum Gasteiger partial charge on any atom is 0.340 e. The number of rotatable bonds is 4. The molecule has 0 aliphatic heterocycles. The Morgan fingerprint density at radius 3 is 2.60 bits per heavy atom. The van der Waals surface area contributed by atoms with E-state index in [4.69, 9.17) is 27.9 Å². The van der Waals surface area contributed by atoms with Gasteiger partial charge in [0.1, 0.15) is 0 Å². The second-order valence-corrected chi connectivity index (χ2v) is 5.59. The van der Waals surface area contributed by atoms with E-state index in [0.29, 0.717) is 5.02 Å². The van der Waals surface area contributed by atoms with Gasteiger partial charge in [-0.25, -0.2) is 4.79 Å². The Bertz CT molecular complexity index is 513. The van der Waals surface area contributed by atoms with Gasteiger partial charge < -0.3 is 10.1 Å². The zero-order chi connectivity index (χ0) is 14.5. The summed E-state index contributed by atoms with van der Waals surface area (Å²) in [5.74, 6) is -0.913. The van der Waals surface area contributed by atoms with Crippen LogP contribution in [0.25, 0.3) is 0 Å². The van der Waals surface area contributed by atoms with Gasteiger partial charge in [-0.2, -0.15) is 0 Å². The van der Waals surface area contributed by atoms with Gasteiger partial charge in [-0.3, -0.25) is 4.79 Å². The number of halogens is 2. The average Bonchev–Trinajstić information content (AvgIpc) is 2.89. The Morgan fingerprint density at radius 2 is 1.95 bits per heavy atom. The van der Waals surface area contributed by atoms with Gasteiger partial charge in [0.25, 0.3) is 5.91 Å². The smallest absolute Gasteiger partial charge is 0.340 e. The molecule has 1 N–H and O–H groups in total. The first kappa shape index (κ1) is 15.1. The van der Waals surface area contributed by atoms with Gasteiger partial charge in [0, 0.05) is 11.1 Å². The molecule has 1 aromatic carbocycles. The SMILES string of the molecule is O=C(COC(=O)c1ccc(Cl)cc1Cl)NC1CCCC1. The van der Waals surface area contributed by atoms with Gasteiger partial charge >= 0.3 is 5.97 Å². The normalized spacial score (nSPS) is 15.1. The summed E-state index contributed by atoms with van der Waals surface area (Å²) in [4.78, 5) is 23.4. The first-order valence-electron chi connectivity index (χ1n) is 6.48. The molecule has 1 aliphatic rings. The van der Waals surface area contributed by atoms with Crippen LogP contribution in [0, 0.1) is 0 Å². The molecule has 0 spiro atoms. The van der Waals surface area contributed by atoms with Crippen LogP contribution in [0.3, 0.4) is 0 Å². The summed E-state index contributed by atoms with van der Waals surface area (Å²) in [6.45, 7) is -0.297. The number of ether oxygens (including phenoxy) is 1. The van der Waals surface area contributed by atoms with Crippen molar-refractivity contribution < 1.29 is 14.3 Å². The van der Waals surface area contributed by atoms with Crippen molar-refractivity contribution in [2.75, 3.05) is 6.61 Å². The predicted octanol–water partition coefficient (Wildman–Crippen LogP) is 3.21. The van der Waals surface area contributed by atoms with Gasteiger partial charge in [-0.15, -0.1) is 0 Å². The molecule has 1 fully saturated rings. The summed E-state index contributed by atoms with van der Waals surface area (Å²) in [5, 5.41) is 3.48. The minimum Gasteiger partial charge on any atom is -0.452 e. The zero-order valence-electron chi connectivity index (χ0n) is 10.8. The second kappa shape index (κ2) is 6.95. The van der Waals surface area contributed by atoms with Crippen molar-refractivity contribution in [1.82, 2.24) is 5.32 Å². The lowest BCUT2D eigenvalue weighted by Gasteiger charge is -2.12. The Kier molecular flexibility index (Phi) is 5.26. The minimum absolute atomic E-state index is 0.199. The van der Waals surface area contributed by atoms with Crippen LogP contribution in [-0.2, 0) is 9.53 Å². The first-order valence-corrected chi connectivity index (χ1v) is 7.23. The Hall–Kier alpha value is -1.26. The Balaban J connectivity index is 1.83. The fraction of sp³-hybridized carbons (Fsp3) is 0.429. The van der Waals surface area contributed by atoms with E-state index in [9.17, 15) is 9.59 Å². The lowest BCUT2D eigenvalue weighted by molar-refractivity contribution is -0.124. The van der Waals surface area contributed by atoms with Crippen molar-refractivity contribution >= 4 is 35.1 Å². The van der Waals surface area contributed by atoms with Crippen molar-refractivity contribution in [3.05, 3.63) is 33.8 Å². The maximum atomic E-state index is 11.8. The van der Waals surface area contributed by atoms with Gasteiger partial charge in [0.05, 0.1) is 10.6 Å². The third-order valence-corrected chi connectivity index (χ3v) is 3.75. The van der Waals surface area contributed by atoms with E-state index >= 15 is 0 Å². The predicted molar refractivity (Wildman–Crippen MR) is 77.1 cm³/mol. The van der Waals surface area contributed by atoms with Gasteiger partial charge in [-0.05, 0) is 31.0 Å². The highest BCUT2D eigenvalue weighted by Gasteiger charge is 2.19. The van der Waals surface area contributed by atoms with Crippen LogP contribution < -0.4 is 5.32 Å². The molecular formula is C14H15Cl2NO3. The number of benzene rings is 1. The van der Waals surface area contributed by atoms with Crippen LogP contribution in [0.4, 0.5) is 0 Å². The fourth-order valence-electron chi connectivity index (χ4n) is 2.20. The fourth-order valence-corrected chi connectivity index (χ4v) is 2.69. The van der Waals surface area contributed by atoms with Crippen molar-refractivity contribution in [3.8, 4) is 0 Å². The van der Waals surface area contributed by atoms with Crippen LogP contribution in [0.1, 0.15) is 36.0 Å². The van der Waals surface area contributed by atoms with Crippen LogP contribution >= 0.6 is 23.2 Å². The lowest BCUT2D eigenvalue weighted by Crippen LogP contribution is -2.35. The van der Waals surface area contributed by atoms with E-state index in [2.05, 4.69) is 5.32 Å². The molecule has 0 aromatic heterocycles. The molecule has 0 radical (unpaired) electrons. The van der Waals surface area contributed by atoms with E-state index in [1.54, 1.807) is 6.07 Å². The molecule has 1 saturated carbocycles. The summed E-state index contributed by atoms with van der Waals surface area (Å²) in [5.41, 5.74) is 0.199. The molecule has 2 rings (SSSR count). The van der Waals surface area contributed by atoms with E-state index in [1.165, 1.54) is 12.1 Å². The van der Waals surface area contributed by atoms with E-state index < -0.39 is 5.97 Å². The third kappa shape index (κ3) is 4.12. The first-order chi connectivity index (χ1) is 9.56. The second-order valence-electron chi connectivity index (χ2n) is 4.75. The summed E-state index contributed by atoms with van der Waals surface area (Å²) >= 11 is 11.6.